The third-order valence-electron chi connectivity index (χ3n) is 2.64. The van der Waals surface area contributed by atoms with Gasteiger partial charge in [-0.2, -0.15) is 0 Å². The summed E-state index contributed by atoms with van der Waals surface area (Å²) >= 11 is 0. The van der Waals surface area contributed by atoms with Crippen molar-refractivity contribution in [3.8, 4) is 0 Å². The van der Waals surface area contributed by atoms with Crippen LogP contribution in [0.3, 0.4) is 0 Å². The number of aliphatic hydroxyl groups excluding tert-OH is 1. The molecule has 0 fully saturated rings. The van der Waals surface area contributed by atoms with Gasteiger partial charge in [-0.15, -0.1) is 0 Å². The third-order valence-corrected chi connectivity index (χ3v) is 3.97. The Kier molecular flexibility index (Phi) is 5.09. The predicted octanol–water partition coefficient (Wildman–Crippen LogP) is 3.02. The summed E-state index contributed by atoms with van der Waals surface area (Å²) in [6.07, 6.45) is -0.524. The maximum absolute atomic E-state index is 12.0. The second kappa shape index (κ2) is 6.12. The van der Waals surface area contributed by atoms with Gasteiger partial charge in [0, 0.05) is 10.3 Å². The minimum atomic E-state index is -1.18. The average molecular weight is 252 g/mol. The van der Waals surface area contributed by atoms with E-state index in [9.17, 15) is 9.32 Å². The number of hydrogen-bond acceptors (Lipinski definition) is 2. The highest BCUT2D eigenvalue weighted by molar-refractivity contribution is 7.88. The molecule has 0 aliphatic carbocycles. The van der Waals surface area contributed by atoms with Gasteiger partial charge in [0.2, 0.25) is 0 Å². The summed E-state index contributed by atoms with van der Waals surface area (Å²) in [6, 6.07) is 7.60. The van der Waals surface area contributed by atoms with Gasteiger partial charge in [0.1, 0.15) is 0 Å². The van der Waals surface area contributed by atoms with E-state index in [1.54, 1.807) is 5.41 Å². The highest BCUT2D eigenvalue weighted by Gasteiger charge is 2.12. The van der Waals surface area contributed by atoms with Crippen molar-refractivity contribution in [2.24, 2.45) is 5.92 Å². The zero-order valence-corrected chi connectivity index (χ0v) is 11.6. The molecule has 2 atom stereocenters. The topological polar surface area (TPSA) is 37.3 Å². The molecule has 3 heteroatoms. The Hall–Kier alpha value is -0.930. The van der Waals surface area contributed by atoms with Crippen LogP contribution < -0.4 is 0 Å². The number of hydrogen-bond donors (Lipinski definition) is 1. The standard InChI is InChI=1S/C14H20O2S/c1-10(2)14(15)12(4)9-17(16)13-7-5-11(3)6-8-13/h5-10,14-15H,1-4H3/b12-9-/t14-,17+/m0/s1. The van der Waals surface area contributed by atoms with E-state index in [4.69, 9.17) is 0 Å². The van der Waals surface area contributed by atoms with E-state index in [1.165, 1.54) is 0 Å². The molecule has 0 aromatic heterocycles. The van der Waals surface area contributed by atoms with Crippen LogP contribution in [0.2, 0.25) is 0 Å². The van der Waals surface area contributed by atoms with Gasteiger partial charge in [-0.1, -0.05) is 31.5 Å². The van der Waals surface area contributed by atoms with E-state index in [0.717, 1.165) is 16.0 Å². The first-order valence-electron chi connectivity index (χ1n) is 5.75. The fourth-order valence-corrected chi connectivity index (χ4v) is 2.52. The molecule has 1 aromatic carbocycles. The van der Waals surface area contributed by atoms with Crippen LogP contribution in [0.15, 0.2) is 40.1 Å². The van der Waals surface area contributed by atoms with Crippen molar-refractivity contribution in [1.82, 2.24) is 0 Å². The molecule has 1 rings (SSSR count). The van der Waals surface area contributed by atoms with E-state index >= 15 is 0 Å². The zero-order chi connectivity index (χ0) is 13.0. The minimum absolute atomic E-state index is 0.140. The molecule has 0 bridgehead atoms. The molecule has 0 heterocycles. The largest absolute Gasteiger partial charge is 0.388 e. The van der Waals surface area contributed by atoms with Crippen LogP contribution in [0.4, 0.5) is 0 Å². The SMILES string of the molecule is C/C(=C/[S@@](=O)c1ccc(C)cc1)[C@@H](O)C(C)C. The lowest BCUT2D eigenvalue weighted by molar-refractivity contribution is 0.160. The summed E-state index contributed by atoms with van der Waals surface area (Å²) in [6.45, 7) is 7.70. The number of benzene rings is 1. The predicted molar refractivity (Wildman–Crippen MR) is 72.2 cm³/mol. The van der Waals surface area contributed by atoms with Gasteiger partial charge in [-0.3, -0.25) is 0 Å². The van der Waals surface area contributed by atoms with Gasteiger partial charge in [0.05, 0.1) is 16.9 Å². The second-order valence-electron chi connectivity index (χ2n) is 4.66. The number of aryl methyl sites for hydroxylation is 1. The second-order valence-corrected chi connectivity index (χ2v) is 5.96. The van der Waals surface area contributed by atoms with Gasteiger partial charge in [0.25, 0.3) is 0 Å². The van der Waals surface area contributed by atoms with Crippen molar-refractivity contribution >= 4 is 10.8 Å². The Bertz CT molecular complexity index is 418. The van der Waals surface area contributed by atoms with E-state index in [2.05, 4.69) is 0 Å². The van der Waals surface area contributed by atoms with E-state index in [-0.39, 0.29) is 5.92 Å². The first kappa shape index (κ1) is 14.1. The molecule has 0 aliphatic heterocycles. The molecule has 2 nitrogen and oxygen atoms in total. The van der Waals surface area contributed by atoms with Crippen LogP contribution in [0.5, 0.6) is 0 Å². The summed E-state index contributed by atoms with van der Waals surface area (Å²) < 4.78 is 12.0. The Morgan fingerprint density at radius 2 is 1.82 bits per heavy atom. The lowest BCUT2D eigenvalue weighted by atomic mass is 10.0. The van der Waals surface area contributed by atoms with Crippen molar-refractivity contribution in [2.45, 2.75) is 38.7 Å². The Morgan fingerprint density at radius 3 is 2.29 bits per heavy atom. The van der Waals surface area contributed by atoms with Crippen LogP contribution in [0.25, 0.3) is 0 Å². The molecule has 17 heavy (non-hydrogen) atoms. The zero-order valence-electron chi connectivity index (χ0n) is 10.8. The van der Waals surface area contributed by atoms with Crippen molar-refractivity contribution in [3.63, 3.8) is 0 Å². The highest BCUT2D eigenvalue weighted by atomic mass is 32.2. The lowest BCUT2D eigenvalue weighted by Crippen LogP contribution is -2.16. The smallest absolute Gasteiger partial charge is 0.0779 e. The summed E-state index contributed by atoms with van der Waals surface area (Å²) in [5.74, 6) is 0.140. The summed E-state index contributed by atoms with van der Waals surface area (Å²) in [7, 11) is -1.18. The summed E-state index contributed by atoms with van der Waals surface area (Å²) in [5, 5.41) is 11.5. The van der Waals surface area contributed by atoms with Crippen molar-refractivity contribution in [3.05, 3.63) is 40.8 Å². The molecular formula is C14H20O2S. The minimum Gasteiger partial charge on any atom is -0.388 e. The Balaban J connectivity index is 2.84. The molecule has 0 amide bonds. The quantitative estimate of drug-likeness (QED) is 0.894. The molecule has 0 radical (unpaired) electrons. The molecule has 0 spiro atoms. The van der Waals surface area contributed by atoms with Crippen molar-refractivity contribution < 1.29 is 9.32 Å². The molecule has 0 aliphatic rings. The molecule has 1 aromatic rings. The number of rotatable bonds is 4. The van der Waals surface area contributed by atoms with E-state index < -0.39 is 16.9 Å². The van der Waals surface area contributed by atoms with Crippen LogP contribution in [-0.2, 0) is 10.8 Å². The maximum Gasteiger partial charge on any atom is 0.0779 e. The maximum atomic E-state index is 12.0. The molecule has 0 saturated carbocycles. The van der Waals surface area contributed by atoms with Crippen LogP contribution >= 0.6 is 0 Å². The summed E-state index contributed by atoms with van der Waals surface area (Å²) in [4.78, 5) is 0.769. The third kappa shape index (κ3) is 4.10. The Morgan fingerprint density at radius 1 is 1.29 bits per heavy atom. The summed E-state index contributed by atoms with van der Waals surface area (Å²) in [5.41, 5.74) is 1.91. The Labute approximate surface area is 106 Å². The highest BCUT2D eigenvalue weighted by Crippen LogP contribution is 2.15. The van der Waals surface area contributed by atoms with E-state index in [1.807, 2.05) is 52.0 Å². The van der Waals surface area contributed by atoms with Gasteiger partial charge in [-0.05, 0) is 37.5 Å². The molecule has 0 unspecified atom stereocenters. The van der Waals surface area contributed by atoms with Gasteiger partial charge in [-0.25, -0.2) is 4.21 Å². The van der Waals surface area contributed by atoms with Gasteiger partial charge >= 0.3 is 0 Å². The average Bonchev–Trinajstić information content (AvgIpc) is 2.28. The molecular weight excluding hydrogens is 232 g/mol. The van der Waals surface area contributed by atoms with E-state index in [0.29, 0.717) is 0 Å². The lowest BCUT2D eigenvalue weighted by Gasteiger charge is -2.14. The molecule has 0 saturated heterocycles. The first-order valence-corrected chi connectivity index (χ1v) is 6.96. The fourth-order valence-electron chi connectivity index (χ4n) is 1.50. The van der Waals surface area contributed by atoms with Crippen LogP contribution in [0.1, 0.15) is 26.3 Å². The van der Waals surface area contributed by atoms with Crippen molar-refractivity contribution in [1.29, 1.82) is 0 Å². The molecule has 1 N–H and O–H groups in total. The monoisotopic (exact) mass is 252 g/mol. The van der Waals surface area contributed by atoms with Crippen LogP contribution in [-0.4, -0.2) is 15.4 Å². The normalized spacial score (nSPS) is 16.0. The van der Waals surface area contributed by atoms with Gasteiger partial charge < -0.3 is 5.11 Å². The number of aliphatic hydroxyl groups is 1. The molecule has 94 valence electrons. The first-order chi connectivity index (χ1) is 7.91. The van der Waals surface area contributed by atoms with Crippen molar-refractivity contribution in [2.75, 3.05) is 0 Å². The fraction of sp³-hybridized carbons (Fsp3) is 0.429. The van der Waals surface area contributed by atoms with Gasteiger partial charge in [0.15, 0.2) is 0 Å². The van der Waals surface area contributed by atoms with Crippen LogP contribution in [0, 0.1) is 12.8 Å².